The Balaban J connectivity index is 1.12. The topological polar surface area (TPSA) is 90.4 Å². The van der Waals surface area contributed by atoms with Gasteiger partial charge in [-0.1, -0.05) is 66.2 Å². The first-order valence-electron chi connectivity index (χ1n) is 15.0. The average molecular weight is 650 g/mol. The third-order valence-corrected chi connectivity index (χ3v) is 8.07. The highest BCUT2D eigenvalue weighted by Crippen LogP contribution is 2.35. The molecule has 0 radical (unpaired) electrons. The van der Waals surface area contributed by atoms with Crippen LogP contribution in [0.15, 0.2) is 97.3 Å². The van der Waals surface area contributed by atoms with Crippen molar-refractivity contribution in [3.63, 3.8) is 0 Å². The van der Waals surface area contributed by atoms with Gasteiger partial charge >= 0.3 is 0 Å². The van der Waals surface area contributed by atoms with Gasteiger partial charge in [-0.3, -0.25) is 0 Å². The molecular formula is C37H33ClFN5O3. The molecule has 238 valence electrons. The maximum absolute atomic E-state index is 13.7. The quantitative estimate of drug-likeness (QED) is 0.128. The van der Waals surface area contributed by atoms with E-state index in [1.165, 1.54) is 29.6 Å². The van der Waals surface area contributed by atoms with E-state index in [1.54, 1.807) is 26.4 Å². The SMILES string of the molecule is COc1cc2ncnc(Nc3ccc(F)c(Cl)c3)c2cc1OCCNCc1ccc(-c2cccc(-c3ccccc3)c2C)nc1OC. The molecular weight excluding hydrogens is 617 g/mol. The van der Waals surface area contributed by atoms with Gasteiger partial charge in [0.1, 0.15) is 24.6 Å². The molecule has 47 heavy (non-hydrogen) atoms. The Kier molecular flexibility index (Phi) is 9.75. The van der Waals surface area contributed by atoms with Gasteiger partial charge in [-0.25, -0.2) is 19.3 Å². The highest BCUT2D eigenvalue weighted by Gasteiger charge is 2.14. The van der Waals surface area contributed by atoms with Crippen LogP contribution in [-0.2, 0) is 6.54 Å². The predicted octanol–water partition coefficient (Wildman–Crippen LogP) is 8.39. The fourth-order valence-corrected chi connectivity index (χ4v) is 5.56. The molecule has 10 heteroatoms. The number of hydrogen-bond acceptors (Lipinski definition) is 8. The van der Waals surface area contributed by atoms with E-state index in [0.717, 1.165) is 22.4 Å². The zero-order valence-electron chi connectivity index (χ0n) is 26.2. The number of anilines is 2. The van der Waals surface area contributed by atoms with Crippen LogP contribution in [0.25, 0.3) is 33.3 Å². The van der Waals surface area contributed by atoms with Gasteiger partial charge in [-0.15, -0.1) is 0 Å². The van der Waals surface area contributed by atoms with E-state index in [4.69, 9.17) is 30.8 Å². The Bertz CT molecular complexity index is 2030. The minimum Gasteiger partial charge on any atom is -0.493 e. The van der Waals surface area contributed by atoms with Crippen molar-refractivity contribution in [1.82, 2.24) is 20.3 Å². The Labute approximate surface area is 277 Å². The van der Waals surface area contributed by atoms with Gasteiger partial charge < -0.3 is 24.8 Å². The number of benzene rings is 4. The van der Waals surface area contributed by atoms with E-state index in [1.807, 2.05) is 36.4 Å². The summed E-state index contributed by atoms with van der Waals surface area (Å²) in [5.74, 6) is 1.67. The summed E-state index contributed by atoms with van der Waals surface area (Å²) < 4.78 is 31.0. The van der Waals surface area contributed by atoms with E-state index in [9.17, 15) is 4.39 Å². The van der Waals surface area contributed by atoms with Gasteiger partial charge in [-0.05, 0) is 53.9 Å². The first-order chi connectivity index (χ1) is 22.9. The molecule has 0 saturated heterocycles. The Hall–Kier alpha value is -5.25. The summed E-state index contributed by atoms with van der Waals surface area (Å²) >= 11 is 5.96. The molecule has 8 nitrogen and oxygen atoms in total. The van der Waals surface area contributed by atoms with Gasteiger partial charge in [0.2, 0.25) is 5.88 Å². The van der Waals surface area contributed by atoms with Crippen molar-refractivity contribution >= 4 is 34.0 Å². The van der Waals surface area contributed by atoms with Crippen LogP contribution in [-0.4, -0.2) is 42.3 Å². The predicted molar refractivity (Wildman–Crippen MR) is 184 cm³/mol. The maximum atomic E-state index is 13.7. The molecule has 0 saturated carbocycles. The van der Waals surface area contributed by atoms with Gasteiger partial charge in [0.25, 0.3) is 0 Å². The number of fused-ring (bicyclic) bond motifs is 1. The summed E-state index contributed by atoms with van der Waals surface area (Å²) in [5, 5.41) is 7.31. The molecule has 0 fully saturated rings. The summed E-state index contributed by atoms with van der Waals surface area (Å²) in [4.78, 5) is 13.6. The van der Waals surface area contributed by atoms with Gasteiger partial charge in [0.15, 0.2) is 11.5 Å². The monoisotopic (exact) mass is 649 g/mol. The number of aromatic nitrogens is 3. The molecule has 4 aromatic carbocycles. The van der Waals surface area contributed by atoms with E-state index >= 15 is 0 Å². The molecule has 0 aliphatic heterocycles. The second kappa shape index (κ2) is 14.5. The lowest BCUT2D eigenvalue weighted by atomic mass is 9.94. The van der Waals surface area contributed by atoms with Crippen molar-refractivity contribution in [3.05, 3.63) is 119 Å². The number of halogens is 2. The average Bonchev–Trinajstić information content (AvgIpc) is 3.10. The van der Waals surface area contributed by atoms with Crippen LogP contribution in [0, 0.1) is 12.7 Å². The molecule has 0 bridgehead atoms. The summed E-state index contributed by atoms with van der Waals surface area (Å²) in [7, 11) is 3.21. The van der Waals surface area contributed by atoms with Crippen molar-refractivity contribution < 1.29 is 18.6 Å². The Morgan fingerprint density at radius 1 is 0.830 bits per heavy atom. The van der Waals surface area contributed by atoms with Crippen molar-refractivity contribution in [1.29, 1.82) is 0 Å². The summed E-state index contributed by atoms with van der Waals surface area (Å²) in [6.07, 6.45) is 1.44. The number of nitrogens with zero attached hydrogens (tertiary/aromatic N) is 3. The van der Waals surface area contributed by atoms with E-state index < -0.39 is 5.82 Å². The zero-order chi connectivity index (χ0) is 32.8. The second-order valence-electron chi connectivity index (χ2n) is 10.7. The van der Waals surface area contributed by atoms with Crippen LogP contribution in [0.3, 0.4) is 0 Å². The maximum Gasteiger partial charge on any atom is 0.218 e. The highest BCUT2D eigenvalue weighted by atomic mass is 35.5. The normalized spacial score (nSPS) is 11.0. The van der Waals surface area contributed by atoms with Crippen LogP contribution in [0.5, 0.6) is 17.4 Å². The second-order valence-corrected chi connectivity index (χ2v) is 11.1. The summed E-state index contributed by atoms with van der Waals surface area (Å²) in [6, 6.07) is 28.7. The fraction of sp³-hybridized carbons (Fsp3) is 0.162. The van der Waals surface area contributed by atoms with Crippen LogP contribution in [0.2, 0.25) is 5.02 Å². The molecule has 0 aliphatic carbocycles. The van der Waals surface area contributed by atoms with Crippen LogP contribution >= 0.6 is 11.6 Å². The smallest absolute Gasteiger partial charge is 0.218 e. The summed E-state index contributed by atoms with van der Waals surface area (Å²) in [5.41, 5.74) is 7.61. The molecule has 0 unspecified atom stereocenters. The molecule has 6 rings (SSSR count). The molecule has 0 amide bonds. The minimum absolute atomic E-state index is 0.0135. The third kappa shape index (κ3) is 7.11. The Morgan fingerprint density at radius 3 is 2.45 bits per heavy atom. The molecule has 6 aromatic rings. The number of ether oxygens (including phenoxy) is 3. The first kappa shape index (κ1) is 31.7. The minimum atomic E-state index is -0.495. The molecule has 0 atom stereocenters. The van der Waals surface area contributed by atoms with Crippen molar-refractivity contribution in [3.8, 4) is 39.8 Å². The number of nitrogens with one attached hydrogen (secondary N) is 2. The number of methoxy groups -OCH3 is 2. The van der Waals surface area contributed by atoms with Crippen LogP contribution in [0.1, 0.15) is 11.1 Å². The molecule has 2 aromatic heterocycles. The number of pyridine rings is 1. The van der Waals surface area contributed by atoms with Crippen LogP contribution in [0.4, 0.5) is 15.9 Å². The summed E-state index contributed by atoms with van der Waals surface area (Å²) in [6.45, 7) is 3.58. The number of hydrogen-bond donors (Lipinski definition) is 2. The van der Waals surface area contributed by atoms with Crippen molar-refractivity contribution in [2.24, 2.45) is 0 Å². The van der Waals surface area contributed by atoms with E-state index in [-0.39, 0.29) is 5.02 Å². The van der Waals surface area contributed by atoms with Crippen molar-refractivity contribution in [2.75, 3.05) is 32.7 Å². The lowest BCUT2D eigenvalue weighted by Gasteiger charge is -2.15. The van der Waals surface area contributed by atoms with Gasteiger partial charge in [0, 0.05) is 41.4 Å². The molecule has 2 N–H and O–H groups in total. The largest absolute Gasteiger partial charge is 0.493 e. The lowest BCUT2D eigenvalue weighted by Crippen LogP contribution is -2.21. The van der Waals surface area contributed by atoms with Crippen LogP contribution < -0.4 is 24.8 Å². The molecule has 0 spiro atoms. The molecule has 2 heterocycles. The lowest BCUT2D eigenvalue weighted by molar-refractivity contribution is 0.292. The first-order valence-corrected chi connectivity index (χ1v) is 15.4. The standard InChI is InChI=1S/C37H33ClFN5O3/c1-23-27(24-8-5-4-6-9-24)10-7-11-28(23)32-15-12-25(37(44-32)46-3)21-40-16-17-47-35-19-29-33(20-34(35)45-2)41-22-42-36(29)43-26-13-14-31(39)30(38)18-26/h4-15,18-20,22,40H,16-17,21H2,1-3H3,(H,41,42,43). The van der Waals surface area contributed by atoms with Gasteiger partial charge in [-0.2, -0.15) is 0 Å². The third-order valence-electron chi connectivity index (χ3n) is 7.78. The van der Waals surface area contributed by atoms with Crippen molar-refractivity contribution in [2.45, 2.75) is 13.5 Å². The number of rotatable bonds is 12. The fourth-order valence-electron chi connectivity index (χ4n) is 5.38. The van der Waals surface area contributed by atoms with E-state index in [2.05, 4.69) is 57.9 Å². The molecule has 0 aliphatic rings. The highest BCUT2D eigenvalue weighted by molar-refractivity contribution is 6.31. The Morgan fingerprint density at radius 2 is 1.66 bits per heavy atom. The zero-order valence-corrected chi connectivity index (χ0v) is 26.9. The van der Waals surface area contributed by atoms with E-state index in [0.29, 0.717) is 59.5 Å². The van der Waals surface area contributed by atoms with Gasteiger partial charge in [0.05, 0.1) is 30.5 Å².